The molecule has 7 heteroatoms. The maximum atomic E-state index is 12.2. The van der Waals surface area contributed by atoms with Gasteiger partial charge in [0.25, 0.3) is 0 Å². The van der Waals surface area contributed by atoms with Gasteiger partial charge in [-0.05, 0) is 42.2 Å². The molecule has 0 aliphatic rings. The summed E-state index contributed by atoms with van der Waals surface area (Å²) in [7, 11) is -2.23. The fourth-order valence-corrected chi connectivity index (χ4v) is 3.63. The lowest BCUT2D eigenvalue weighted by molar-refractivity contribution is 0.0600. The van der Waals surface area contributed by atoms with Crippen molar-refractivity contribution in [1.82, 2.24) is 0 Å². The third-order valence-corrected chi connectivity index (χ3v) is 5.06. The fraction of sp³-hybridized carbons (Fsp3) is 0.188. The van der Waals surface area contributed by atoms with Crippen molar-refractivity contribution in [2.75, 3.05) is 18.1 Å². The van der Waals surface area contributed by atoms with E-state index in [1.165, 1.54) is 7.11 Å². The van der Waals surface area contributed by atoms with Crippen molar-refractivity contribution < 1.29 is 17.9 Å². The first-order valence-corrected chi connectivity index (χ1v) is 9.63. The first-order valence-electron chi connectivity index (χ1n) is 6.75. The average Bonchev–Trinajstić information content (AvgIpc) is 2.54. The second kappa shape index (κ2) is 7.52. The first kappa shape index (κ1) is 17.4. The summed E-state index contributed by atoms with van der Waals surface area (Å²) in [6.45, 7) is 0. The number of hydrogen-bond donors (Lipinski definition) is 1. The van der Waals surface area contributed by atoms with Gasteiger partial charge in [0.1, 0.15) is 0 Å². The molecular formula is C16H17NO4S2. The zero-order chi connectivity index (χ0) is 16.9. The number of esters is 1. The number of carbonyl (C=O) groups is 1. The fourth-order valence-electron chi connectivity index (χ4n) is 1.98. The van der Waals surface area contributed by atoms with Crippen molar-refractivity contribution in [2.24, 2.45) is 0 Å². The molecule has 0 amide bonds. The van der Waals surface area contributed by atoms with Crippen molar-refractivity contribution in [3.8, 4) is 0 Å². The molecule has 0 saturated heterocycles. The van der Waals surface area contributed by atoms with Gasteiger partial charge >= 0.3 is 5.97 Å². The van der Waals surface area contributed by atoms with Crippen LogP contribution in [0.25, 0.3) is 0 Å². The summed E-state index contributed by atoms with van der Waals surface area (Å²) in [5.74, 6) is -0.621. The number of methoxy groups -OCH3 is 1. The highest BCUT2D eigenvalue weighted by atomic mass is 32.2. The standard InChI is InChI=1S/C16H17NO4S2/c1-21-16(18)13-8-6-12(7-9-13)11-23(19,20)17-14-4-3-5-15(10-14)22-2/h3-10,17H,11H2,1-2H3. The van der Waals surface area contributed by atoms with E-state index in [4.69, 9.17) is 0 Å². The Labute approximate surface area is 140 Å². The van der Waals surface area contributed by atoms with Crippen LogP contribution in [0.15, 0.2) is 53.4 Å². The SMILES string of the molecule is COC(=O)c1ccc(CS(=O)(=O)Nc2cccc(SC)c2)cc1. The molecule has 0 saturated carbocycles. The molecule has 0 fully saturated rings. The number of sulfonamides is 1. The van der Waals surface area contributed by atoms with Gasteiger partial charge in [-0.3, -0.25) is 4.72 Å². The number of ether oxygens (including phenoxy) is 1. The third-order valence-electron chi connectivity index (χ3n) is 3.07. The van der Waals surface area contributed by atoms with E-state index in [0.29, 0.717) is 16.8 Å². The van der Waals surface area contributed by atoms with Crippen LogP contribution in [0.4, 0.5) is 5.69 Å². The number of rotatable bonds is 6. The molecule has 2 aromatic rings. The molecule has 0 unspecified atom stereocenters. The molecule has 1 N–H and O–H groups in total. The van der Waals surface area contributed by atoms with E-state index < -0.39 is 16.0 Å². The van der Waals surface area contributed by atoms with E-state index >= 15 is 0 Å². The highest BCUT2D eigenvalue weighted by Gasteiger charge is 2.13. The van der Waals surface area contributed by atoms with Gasteiger partial charge in [0.05, 0.1) is 18.4 Å². The lowest BCUT2D eigenvalue weighted by Crippen LogP contribution is -2.15. The normalized spacial score (nSPS) is 11.0. The van der Waals surface area contributed by atoms with Crippen LogP contribution in [0.3, 0.4) is 0 Å². The van der Waals surface area contributed by atoms with Gasteiger partial charge in [0, 0.05) is 10.6 Å². The van der Waals surface area contributed by atoms with Crippen LogP contribution in [0.5, 0.6) is 0 Å². The topological polar surface area (TPSA) is 72.5 Å². The van der Waals surface area contributed by atoms with Gasteiger partial charge < -0.3 is 4.74 Å². The molecule has 0 bridgehead atoms. The lowest BCUT2D eigenvalue weighted by atomic mass is 10.1. The zero-order valence-electron chi connectivity index (χ0n) is 12.8. The Morgan fingerprint density at radius 3 is 2.48 bits per heavy atom. The molecule has 5 nitrogen and oxygen atoms in total. The molecule has 0 spiro atoms. The van der Waals surface area contributed by atoms with Crippen LogP contribution in [0.2, 0.25) is 0 Å². The van der Waals surface area contributed by atoms with Gasteiger partial charge in [0.2, 0.25) is 10.0 Å². The van der Waals surface area contributed by atoms with Gasteiger partial charge in [-0.15, -0.1) is 11.8 Å². The smallest absolute Gasteiger partial charge is 0.337 e. The van der Waals surface area contributed by atoms with Gasteiger partial charge in [-0.2, -0.15) is 0 Å². The number of anilines is 1. The Morgan fingerprint density at radius 1 is 1.17 bits per heavy atom. The van der Waals surface area contributed by atoms with Crippen LogP contribution in [-0.2, 0) is 20.5 Å². The van der Waals surface area contributed by atoms with Crippen LogP contribution < -0.4 is 4.72 Å². The molecule has 0 atom stereocenters. The Hall–Kier alpha value is -1.99. The summed E-state index contributed by atoms with van der Waals surface area (Å²) in [6, 6.07) is 13.5. The molecular weight excluding hydrogens is 334 g/mol. The summed E-state index contributed by atoms with van der Waals surface area (Å²) >= 11 is 1.54. The largest absolute Gasteiger partial charge is 0.465 e. The van der Waals surface area contributed by atoms with Crippen molar-refractivity contribution in [3.63, 3.8) is 0 Å². The van der Waals surface area contributed by atoms with E-state index in [1.54, 1.807) is 54.2 Å². The van der Waals surface area contributed by atoms with E-state index in [9.17, 15) is 13.2 Å². The summed E-state index contributed by atoms with van der Waals surface area (Å²) in [4.78, 5) is 12.3. The summed E-state index contributed by atoms with van der Waals surface area (Å²) in [6.07, 6.45) is 1.93. The molecule has 2 rings (SSSR count). The summed E-state index contributed by atoms with van der Waals surface area (Å²) < 4.78 is 31.6. The Bertz CT molecular complexity index is 786. The molecule has 0 aliphatic heterocycles. The highest BCUT2D eigenvalue weighted by molar-refractivity contribution is 7.98. The minimum Gasteiger partial charge on any atom is -0.465 e. The Kier molecular flexibility index (Phi) is 5.68. The third kappa shape index (κ3) is 5.01. The van der Waals surface area contributed by atoms with Crippen molar-refractivity contribution >= 4 is 33.4 Å². The molecule has 23 heavy (non-hydrogen) atoms. The van der Waals surface area contributed by atoms with Gasteiger partial charge in [-0.1, -0.05) is 18.2 Å². The maximum absolute atomic E-state index is 12.2. The summed E-state index contributed by atoms with van der Waals surface area (Å²) in [5.41, 5.74) is 1.50. The monoisotopic (exact) mass is 351 g/mol. The van der Waals surface area contributed by atoms with E-state index in [1.807, 2.05) is 12.3 Å². The highest BCUT2D eigenvalue weighted by Crippen LogP contribution is 2.20. The maximum Gasteiger partial charge on any atom is 0.337 e. The molecule has 0 heterocycles. The van der Waals surface area contributed by atoms with E-state index in [-0.39, 0.29) is 5.75 Å². The zero-order valence-corrected chi connectivity index (χ0v) is 14.4. The molecule has 0 aromatic heterocycles. The number of nitrogens with one attached hydrogen (secondary N) is 1. The van der Waals surface area contributed by atoms with E-state index in [0.717, 1.165) is 4.90 Å². The van der Waals surface area contributed by atoms with Crippen LogP contribution in [-0.4, -0.2) is 27.8 Å². The van der Waals surface area contributed by atoms with Gasteiger partial charge in [-0.25, -0.2) is 13.2 Å². The van der Waals surface area contributed by atoms with Crippen molar-refractivity contribution in [1.29, 1.82) is 0 Å². The second-order valence-corrected chi connectivity index (χ2v) is 7.38. The summed E-state index contributed by atoms with van der Waals surface area (Å²) in [5, 5.41) is 0. The number of thioether (sulfide) groups is 1. The Balaban J connectivity index is 2.10. The number of benzene rings is 2. The average molecular weight is 351 g/mol. The molecule has 0 aliphatic carbocycles. The van der Waals surface area contributed by atoms with Crippen LogP contribution in [0.1, 0.15) is 15.9 Å². The van der Waals surface area contributed by atoms with E-state index in [2.05, 4.69) is 9.46 Å². The Morgan fingerprint density at radius 2 is 1.87 bits per heavy atom. The predicted octanol–water partition coefficient (Wildman–Crippen LogP) is 3.14. The number of hydrogen-bond acceptors (Lipinski definition) is 5. The minimum absolute atomic E-state index is 0.169. The quantitative estimate of drug-likeness (QED) is 0.639. The van der Waals surface area contributed by atoms with Gasteiger partial charge in [0.15, 0.2) is 0 Å². The van der Waals surface area contributed by atoms with Crippen LogP contribution in [0, 0.1) is 0 Å². The molecule has 2 aromatic carbocycles. The molecule has 0 radical (unpaired) electrons. The van der Waals surface area contributed by atoms with Crippen molar-refractivity contribution in [3.05, 3.63) is 59.7 Å². The van der Waals surface area contributed by atoms with Crippen molar-refractivity contribution in [2.45, 2.75) is 10.6 Å². The number of carbonyl (C=O) groups excluding carboxylic acids is 1. The first-order chi connectivity index (χ1) is 10.9. The molecule has 122 valence electrons. The van der Waals surface area contributed by atoms with Crippen LogP contribution >= 0.6 is 11.8 Å². The lowest BCUT2D eigenvalue weighted by Gasteiger charge is -2.09. The second-order valence-electron chi connectivity index (χ2n) is 4.78. The minimum atomic E-state index is -3.53. The predicted molar refractivity (Wildman–Crippen MR) is 92.3 cm³/mol.